The fourth-order valence-corrected chi connectivity index (χ4v) is 1.79. The van der Waals surface area contributed by atoms with Gasteiger partial charge in [0.2, 0.25) is 0 Å². The maximum atomic E-state index is 13.5. The number of hydrogen-bond acceptors (Lipinski definition) is 1. The molecule has 0 aliphatic carbocycles. The lowest BCUT2D eigenvalue weighted by Crippen LogP contribution is -2.26. The van der Waals surface area contributed by atoms with Gasteiger partial charge in [0.1, 0.15) is 5.82 Å². The van der Waals surface area contributed by atoms with Crippen LogP contribution >= 0.6 is 11.6 Å². The third kappa shape index (κ3) is 5.51. The molecule has 0 bridgehead atoms. The molecular weight excluding hydrogens is 237 g/mol. The molecule has 0 spiro atoms. The largest absolute Gasteiger partial charge is 0.310 e. The summed E-state index contributed by atoms with van der Waals surface area (Å²) < 4.78 is 13.5. The summed E-state index contributed by atoms with van der Waals surface area (Å²) in [5.74, 6) is 0.479. The van der Waals surface area contributed by atoms with Gasteiger partial charge in [-0.1, -0.05) is 31.5 Å². The topological polar surface area (TPSA) is 12.0 Å². The fraction of sp³-hybridized carbons (Fsp3) is 0.571. The lowest BCUT2D eigenvalue weighted by Gasteiger charge is -2.15. The fourth-order valence-electron chi connectivity index (χ4n) is 1.63. The standard InChI is InChI=1S/C14H21ClFN/c1-10(2)4-5-11(3)17-9-12-6-7-13(15)8-14(12)16/h6-8,10-11,17H,4-5,9H2,1-3H3. The van der Waals surface area contributed by atoms with Crippen molar-refractivity contribution < 1.29 is 4.39 Å². The van der Waals surface area contributed by atoms with Crippen LogP contribution < -0.4 is 5.32 Å². The molecule has 96 valence electrons. The van der Waals surface area contributed by atoms with Crippen LogP contribution in [0.2, 0.25) is 5.02 Å². The summed E-state index contributed by atoms with van der Waals surface area (Å²) in [4.78, 5) is 0. The van der Waals surface area contributed by atoms with Crippen molar-refractivity contribution in [3.63, 3.8) is 0 Å². The molecule has 0 aliphatic rings. The van der Waals surface area contributed by atoms with E-state index in [1.807, 2.05) is 0 Å². The lowest BCUT2D eigenvalue weighted by atomic mass is 10.0. The summed E-state index contributed by atoms with van der Waals surface area (Å²) >= 11 is 5.70. The smallest absolute Gasteiger partial charge is 0.129 e. The van der Waals surface area contributed by atoms with Crippen LogP contribution in [0.5, 0.6) is 0 Å². The van der Waals surface area contributed by atoms with Crippen LogP contribution in [0.25, 0.3) is 0 Å². The number of nitrogens with one attached hydrogen (secondary N) is 1. The Kier molecular flexibility index (Phi) is 5.93. The zero-order valence-electron chi connectivity index (χ0n) is 10.8. The van der Waals surface area contributed by atoms with Gasteiger partial charge >= 0.3 is 0 Å². The van der Waals surface area contributed by atoms with E-state index in [4.69, 9.17) is 11.6 Å². The van der Waals surface area contributed by atoms with E-state index >= 15 is 0 Å². The monoisotopic (exact) mass is 257 g/mol. The first-order valence-corrected chi connectivity index (χ1v) is 6.54. The van der Waals surface area contributed by atoms with Gasteiger partial charge in [0.25, 0.3) is 0 Å². The highest BCUT2D eigenvalue weighted by Gasteiger charge is 2.06. The molecule has 0 radical (unpaired) electrons. The average molecular weight is 258 g/mol. The van der Waals surface area contributed by atoms with Crippen molar-refractivity contribution in [2.45, 2.75) is 46.2 Å². The predicted octanol–water partition coefficient (Wildman–Crippen LogP) is 4.39. The molecule has 1 nitrogen and oxygen atoms in total. The Labute approximate surface area is 108 Å². The Hall–Kier alpha value is -0.600. The first-order chi connectivity index (χ1) is 7.99. The minimum atomic E-state index is -0.235. The molecule has 0 aliphatic heterocycles. The van der Waals surface area contributed by atoms with E-state index in [0.29, 0.717) is 29.1 Å². The van der Waals surface area contributed by atoms with Crippen LogP contribution in [0.3, 0.4) is 0 Å². The minimum absolute atomic E-state index is 0.235. The van der Waals surface area contributed by atoms with Gasteiger partial charge in [0, 0.05) is 23.2 Å². The summed E-state index contributed by atoms with van der Waals surface area (Å²) in [5.41, 5.74) is 0.672. The quantitative estimate of drug-likeness (QED) is 0.797. The summed E-state index contributed by atoms with van der Waals surface area (Å²) in [5, 5.41) is 3.78. The van der Waals surface area contributed by atoms with Crippen LogP contribution in [0.15, 0.2) is 18.2 Å². The zero-order valence-corrected chi connectivity index (χ0v) is 11.5. The Morgan fingerprint density at radius 2 is 1.94 bits per heavy atom. The second kappa shape index (κ2) is 6.97. The van der Waals surface area contributed by atoms with Crippen molar-refractivity contribution in [2.75, 3.05) is 0 Å². The van der Waals surface area contributed by atoms with E-state index in [2.05, 4.69) is 26.1 Å². The predicted molar refractivity (Wildman–Crippen MR) is 71.8 cm³/mol. The number of halogens is 2. The molecule has 0 saturated carbocycles. The normalized spacial score (nSPS) is 13.1. The van der Waals surface area contributed by atoms with E-state index in [1.165, 1.54) is 12.5 Å². The van der Waals surface area contributed by atoms with Gasteiger partial charge in [0.05, 0.1) is 0 Å². The van der Waals surface area contributed by atoms with Crippen molar-refractivity contribution in [2.24, 2.45) is 5.92 Å². The summed E-state index contributed by atoms with van der Waals surface area (Å²) in [7, 11) is 0. The Bertz CT molecular complexity index is 352. The molecule has 1 atom stereocenters. The summed E-state index contributed by atoms with van der Waals surface area (Å²) in [6, 6.07) is 5.23. The second-order valence-corrected chi connectivity index (χ2v) is 5.43. The van der Waals surface area contributed by atoms with Crippen LogP contribution in [-0.2, 0) is 6.54 Å². The molecule has 3 heteroatoms. The van der Waals surface area contributed by atoms with Gasteiger partial charge < -0.3 is 5.32 Å². The summed E-state index contributed by atoms with van der Waals surface area (Å²) in [6.07, 6.45) is 2.31. The van der Waals surface area contributed by atoms with E-state index in [-0.39, 0.29) is 5.82 Å². The number of benzene rings is 1. The second-order valence-electron chi connectivity index (χ2n) is 4.99. The average Bonchev–Trinajstić information content (AvgIpc) is 2.25. The van der Waals surface area contributed by atoms with Gasteiger partial charge in [-0.2, -0.15) is 0 Å². The maximum absolute atomic E-state index is 13.5. The van der Waals surface area contributed by atoms with Crippen LogP contribution in [-0.4, -0.2) is 6.04 Å². The third-order valence-corrected chi connectivity index (χ3v) is 3.07. The maximum Gasteiger partial charge on any atom is 0.129 e. The van der Waals surface area contributed by atoms with Gasteiger partial charge in [0.15, 0.2) is 0 Å². The molecule has 0 saturated heterocycles. The first-order valence-electron chi connectivity index (χ1n) is 6.16. The van der Waals surface area contributed by atoms with Gasteiger partial charge in [-0.25, -0.2) is 4.39 Å². The van der Waals surface area contributed by atoms with Crippen molar-refractivity contribution in [3.05, 3.63) is 34.6 Å². The Balaban J connectivity index is 2.39. The molecule has 0 fully saturated rings. The number of hydrogen-bond donors (Lipinski definition) is 1. The zero-order chi connectivity index (χ0) is 12.8. The number of rotatable bonds is 6. The van der Waals surface area contributed by atoms with Crippen molar-refractivity contribution >= 4 is 11.6 Å². The molecule has 1 unspecified atom stereocenters. The SMILES string of the molecule is CC(C)CCC(C)NCc1ccc(Cl)cc1F. The third-order valence-electron chi connectivity index (χ3n) is 2.83. The molecule has 0 amide bonds. The minimum Gasteiger partial charge on any atom is -0.310 e. The van der Waals surface area contributed by atoms with E-state index in [0.717, 1.165) is 6.42 Å². The molecule has 0 aromatic heterocycles. The van der Waals surface area contributed by atoms with Crippen LogP contribution in [0.4, 0.5) is 4.39 Å². The Morgan fingerprint density at radius 3 is 2.53 bits per heavy atom. The van der Waals surface area contributed by atoms with Crippen molar-refractivity contribution in [3.8, 4) is 0 Å². The molecule has 1 rings (SSSR count). The van der Waals surface area contributed by atoms with Crippen LogP contribution in [0, 0.1) is 11.7 Å². The van der Waals surface area contributed by atoms with Gasteiger partial charge in [-0.15, -0.1) is 0 Å². The van der Waals surface area contributed by atoms with Gasteiger partial charge in [-0.3, -0.25) is 0 Å². The van der Waals surface area contributed by atoms with Crippen molar-refractivity contribution in [1.82, 2.24) is 5.32 Å². The highest BCUT2D eigenvalue weighted by molar-refractivity contribution is 6.30. The highest BCUT2D eigenvalue weighted by atomic mass is 35.5. The molecular formula is C14H21ClFN. The molecule has 1 N–H and O–H groups in total. The first kappa shape index (κ1) is 14.5. The van der Waals surface area contributed by atoms with Gasteiger partial charge in [-0.05, 0) is 37.8 Å². The lowest BCUT2D eigenvalue weighted by molar-refractivity contribution is 0.446. The molecule has 1 aromatic rings. The molecule has 17 heavy (non-hydrogen) atoms. The highest BCUT2D eigenvalue weighted by Crippen LogP contribution is 2.15. The molecule has 1 aromatic carbocycles. The van der Waals surface area contributed by atoms with Crippen LogP contribution in [0.1, 0.15) is 39.2 Å². The van der Waals surface area contributed by atoms with E-state index in [9.17, 15) is 4.39 Å². The van der Waals surface area contributed by atoms with E-state index < -0.39 is 0 Å². The summed E-state index contributed by atoms with van der Waals surface area (Å²) in [6.45, 7) is 7.12. The Morgan fingerprint density at radius 1 is 1.24 bits per heavy atom. The molecule has 0 heterocycles. The van der Waals surface area contributed by atoms with Crippen molar-refractivity contribution in [1.29, 1.82) is 0 Å². The van der Waals surface area contributed by atoms with E-state index in [1.54, 1.807) is 12.1 Å².